The first-order valence-corrected chi connectivity index (χ1v) is 14.6. The number of carbonyl (C=O) groups is 2. The maximum Gasteiger partial charge on any atom is 0.243 e. The second-order valence-electron chi connectivity index (χ2n) is 9.40. The summed E-state index contributed by atoms with van der Waals surface area (Å²) in [4.78, 5) is 29.2. The molecule has 0 radical (unpaired) electrons. The van der Waals surface area contributed by atoms with Crippen molar-refractivity contribution >= 4 is 46.8 Å². The highest BCUT2D eigenvalue weighted by Crippen LogP contribution is 2.28. The lowest BCUT2D eigenvalue weighted by Gasteiger charge is -2.33. The summed E-state index contributed by atoms with van der Waals surface area (Å²) in [7, 11) is 0. The number of nitrogens with zero attached hydrogens (tertiary/aromatic N) is 1. The molecule has 1 aliphatic rings. The monoisotopic (exact) mass is 554 g/mol. The highest BCUT2D eigenvalue weighted by molar-refractivity contribution is 7.99. The lowest BCUT2D eigenvalue weighted by atomic mass is 10.0. The van der Waals surface area contributed by atoms with Crippen molar-refractivity contribution in [3.05, 3.63) is 106 Å². The Hall–Kier alpha value is -2.47. The van der Waals surface area contributed by atoms with Crippen molar-refractivity contribution in [2.24, 2.45) is 0 Å². The van der Waals surface area contributed by atoms with Gasteiger partial charge in [0.1, 0.15) is 6.04 Å². The highest BCUT2D eigenvalue weighted by atomic mass is 35.5. The molecule has 4 nitrogen and oxygen atoms in total. The van der Waals surface area contributed by atoms with Gasteiger partial charge in [0, 0.05) is 40.4 Å². The number of rotatable bonds is 11. The third kappa shape index (κ3) is 8.00. The van der Waals surface area contributed by atoms with Gasteiger partial charge in [-0.05, 0) is 36.1 Å². The second kappa shape index (κ2) is 13.9. The van der Waals surface area contributed by atoms with E-state index in [9.17, 15) is 9.59 Å². The van der Waals surface area contributed by atoms with Gasteiger partial charge in [0.05, 0.1) is 5.75 Å². The summed E-state index contributed by atoms with van der Waals surface area (Å²) >= 11 is 14.6. The number of carbonyl (C=O) groups excluding carboxylic acids is 2. The average Bonchev–Trinajstić information content (AvgIpc) is 3.42. The van der Waals surface area contributed by atoms with Crippen LogP contribution in [0.15, 0.2) is 78.9 Å². The van der Waals surface area contributed by atoms with E-state index >= 15 is 0 Å². The molecule has 3 aromatic rings. The average molecular weight is 556 g/mol. The van der Waals surface area contributed by atoms with E-state index in [-0.39, 0.29) is 30.2 Å². The number of halogens is 2. The van der Waals surface area contributed by atoms with Crippen molar-refractivity contribution < 1.29 is 9.59 Å². The lowest BCUT2D eigenvalue weighted by Crippen LogP contribution is -2.52. The van der Waals surface area contributed by atoms with Crippen LogP contribution in [0.1, 0.15) is 42.4 Å². The van der Waals surface area contributed by atoms with E-state index < -0.39 is 6.04 Å². The molecule has 0 spiro atoms. The zero-order valence-corrected chi connectivity index (χ0v) is 23.1. The van der Waals surface area contributed by atoms with Gasteiger partial charge in [-0.1, -0.05) is 103 Å². The molecule has 0 saturated heterocycles. The molecule has 194 valence electrons. The molecule has 3 aromatic carbocycles. The summed E-state index contributed by atoms with van der Waals surface area (Å²) < 4.78 is 0. The Morgan fingerprint density at radius 2 is 1.46 bits per heavy atom. The standard InChI is InChI=1S/C30H32Cl2N2O2S/c31-26-16-9-17-27(32)25(26)19-34(29(35)21-37-20-23-12-5-2-6-13-23)28(18-22-10-3-1-4-11-22)30(36)33-24-14-7-8-15-24/h1-6,9-13,16-17,24,28H,7-8,14-15,18-21H2,(H,33,36)/t28-/m0/s1. The van der Waals surface area contributed by atoms with Crippen LogP contribution in [0.25, 0.3) is 0 Å². The number of nitrogens with one attached hydrogen (secondary N) is 1. The summed E-state index contributed by atoms with van der Waals surface area (Å²) in [5.74, 6) is 0.726. The Morgan fingerprint density at radius 1 is 0.865 bits per heavy atom. The number of thioether (sulfide) groups is 1. The smallest absolute Gasteiger partial charge is 0.243 e. The molecule has 4 rings (SSSR count). The Morgan fingerprint density at radius 3 is 2.08 bits per heavy atom. The normalized spacial score (nSPS) is 14.3. The van der Waals surface area contributed by atoms with Crippen LogP contribution in [0.4, 0.5) is 0 Å². The van der Waals surface area contributed by atoms with Gasteiger partial charge in [0.2, 0.25) is 11.8 Å². The van der Waals surface area contributed by atoms with Gasteiger partial charge in [0.15, 0.2) is 0 Å². The maximum absolute atomic E-state index is 13.8. The predicted molar refractivity (Wildman–Crippen MR) is 154 cm³/mol. The minimum atomic E-state index is -0.680. The third-order valence-electron chi connectivity index (χ3n) is 6.70. The van der Waals surface area contributed by atoms with Gasteiger partial charge >= 0.3 is 0 Å². The molecule has 1 aliphatic carbocycles. The predicted octanol–water partition coefficient (Wildman–Crippen LogP) is 6.93. The molecule has 7 heteroatoms. The van der Waals surface area contributed by atoms with Crippen LogP contribution in [0, 0.1) is 0 Å². The highest BCUT2D eigenvalue weighted by Gasteiger charge is 2.32. The van der Waals surface area contributed by atoms with Crippen LogP contribution in [-0.4, -0.2) is 34.6 Å². The summed E-state index contributed by atoms with van der Waals surface area (Å²) in [5.41, 5.74) is 2.80. The molecule has 1 fully saturated rings. The van der Waals surface area contributed by atoms with Crippen LogP contribution >= 0.6 is 35.0 Å². The molecule has 0 heterocycles. The van der Waals surface area contributed by atoms with Crippen molar-refractivity contribution in [3.63, 3.8) is 0 Å². The van der Waals surface area contributed by atoms with Crippen LogP contribution in [0.3, 0.4) is 0 Å². The van der Waals surface area contributed by atoms with E-state index in [0.717, 1.165) is 36.8 Å². The van der Waals surface area contributed by atoms with Crippen molar-refractivity contribution in [1.29, 1.82) is 0 Å². The zero-order valence-electron chi connectivity index (χ0n) is 20.7. The van der Waals surface area contributed by atoms with E-state index in [1.165, 1.54) is 0 Å². The molecule has 0 unspecified atom stereocenters. The van der Waals surface area contributed by atoms with Crippen LogP contribution in [0.5, 0.6) is 0 Å². The number of benzene rings is 3. The van der Waals surface area contributed by atoms with E-state index in [4.69, 9.17) is 23.2 Å². The molecule has 0 aromatic heterocycles. The molecular formula is C30H32Cl2N2O2S. The van der Waals surface area contributed by atoms with Crippen molar-refractivity contribution in [1.82, 2.24) is 10.2 Å². The molecular weight excluding hydrogens is 523 g/mol. The fraction of sp³-hybridized carbons (Fsp3) is 0.333. The van der Waals surface area contributed by atoms with E-state index in [0.29, 0.717) is 27.8 Å². The van der Waals surface area contributed by atoms with Crippen LogP contribution in [0.2, 0.25) is 10.0 Å². The molecule has 37 heavy (non-hydrogen) atoms. The molecule has 1 N–H and O–H groups in total. The fourth-order valence-corrected chi connectivity index (χ4v) is 6.08. The number of hydrogen-bond donors (Lipinski definition) is 1. The summed E-state index contributed by atoms with van der Waals surface area (Å²) in [6.45, 7) is 0.165. The lowest BCUT2D eigenvalue weighted by molar-refractivity contribution is -0.139. The van der Waals surface area contributed by atoms with Crippen LogP contribution < -0.4 is 5.32 Å². The molecule has 0 bridgehead atoms. The maximum atomic E-state index is 13.8. The summed E-state index contributed by atoms with van der Waals surface area (Å²) in [5, 5.41) is 4.19. The minimum absolute atomic E-state index is 0.112. The first-order valence-electron chi connectivity index (χ1n) is 12.7. The van der Waals surface area contributed by atoms with E-state index in [1.807, 2.05) is 60.7 Å². The van der Waals surface area contributed by atoms with Gasteiger partial charge in [-0.2, -0.15) is 0 Å². The van der Waals surface area contributed by atoms with Crippen molar-refractivity contribution in [2.75, 3.05) is 5.75 Å². The summed E-state index contributed by atoms with van der Waals surface area (Å²) in [6, 6.07) is 24.7. The van der Waals surface area contributed by atoms with Gasteiger partial charge in [-0.3, -0.25) is 9.59 Å². The van der Waals surface area contributed by atoms with Crippen LogP contribution in [-0.2, 0) is 28.3 Å². The SMILES string of the molecule is O=C(NC1CCCC1)[C@H](Cc1ccccc1)N(Cc1c(Cl)cccc1Cl)C(=O)CSCc1ccccc1. The molecule has 0 aliphatic heterocycles. The van der Waals surface area contributed by atoms with E-state index in [2.05, 4.69) is 5.32 Å². The minimum Gasteiger partial charge on any atom is -0.352 e. The van der Waals surface area contributed by atoms with Gasteiger partial charge in [-0.25, -0.2) is 0 Å². The Kier molecular flexibility index (Phi) is 10.4. The van der Waals surface area contributed by atoms with Gasteiger partial charge in [0.25, 0.3) is 0 Å². The van der Waals surface area contributed by atoms with Crippen molar-refractivity contribution in [2.45, 2.75) is 56.5 Å². The van der Waals surface area contributed by atoms with E-state index in [1.54, 1.807) is 34.9 Å². The Labute approximate surface area is 233 Å². The Balaban J connectivity index is 1.60. The third-order valence-corrected chi connectivity index (χ3v) is 8.40. The van der Waals surface area contributed by atoms with Crippen molar-refractivity contribution in [3.8, 4) is 0 Å². The topological polar surface area (TPSA) is 49.4 Å². The van der Waals surface area contributed by atoms with Gasteiger partial charge in [-0.15, -0.1) is 11.8 Å². The largest absolute Gasteiger partial charge is 0.352 e. The fourth-order valence-electron chi connectivity index (χ4n) is 4.69. The second-order valence-corrected chi connectivity index (χ2v) is 11.2. The number of amides is 2. The van der Waals surface area contributed by atoms with Gasteiger partial charge < -0.3 is 10.2 Å². The molecule has 1 atom stereocenters. The first-order chi connectivity index (χ1) is 18.0. The Bertz CT molecular complexity index is 1150. The quantitative estimate of drug-likeness (QED) is 0.279. The zero-order chi connectivity index (χ0) is 26.0. The number of hydrogen-bond acceptors (Lipinski definition) is 3. The molecule has 2 amide bonds. The summed E-state index contributed by atoms with van der Waals surface area (Å²) in [6.07, 6.45) is 4.59. The first kappa shape index (κ1) is 27.6. The molecule has 1 saturated carbocycles.